The van der Waals surface area contributed by atoms with E-state index >= 15 is 4.39 Å². The van der Waals surface area contributed by atoms with Gasteiger partial charge in [-0.3, -0.25) is 24.0 Å². The van der Waals surface area contributed by atoms with Crippen molar-refractivity contribution in [3.05, 3.63) is 112 Å². The fourth-order valence-electron chi connectivity index (χ4n) is 5.34. The Labute approximate surface area is 223 Å². The first kappa shape index (κ1) is 24.9. The van der Waals surface area contributed by atoms with Crippen LogP contribution in [0.3, 0.4) is 0 Å². The van der Waals surface area contributed by atoms with Gasteiger partial charge in [-0.2, -0.15) is 0 Å². The second kappa shape index (κ2) is 10.1. The molecule has 7 nitrogen and oxygen atoms in total. The Hall–Kier alpha value is -4.37. The van der Waals surface area contributed by atoms with Crippen LogP contribution in [-0.4, -0.2) is 27.9 Å². The van der Waals surface area contributed by atoms with Gasteiger partial charge < -0.3 is 5.32 Å². The minimum Gasteiger partial charge on any atom is -0.345 e. The number of hydrazine groups is 1. The van der Waals surface area contributed by atoms with Gasteiger partial charge in [-0.1, -0.05) is 42.5 Å². The van der Waals surface area contributed by atoms with E-state index in [1.165, 1.54) is 33.8 Å². The molecule has 2 amide bonds. The number of carbonyl (C=O) groups is 2. The van der Waals surface area contributed by atoms with Gasteiger partial charge in [0.1, 0.15) is 11.6 Å². The smallest absolute Gasteiger partial charge is 0.266 e. The van der Waals surface area contributed by atoms with Crippen LogP contribution in [0.1, 0.15) is 46.9 Å². The van der Waals surface area contributed by atoms with Crippen molar-refractivity contribution in [2.75, 3.05) is 6.54 Å². The number of nitrogens with one attached hydrogen (secondary N) is 2. The molecule has 2 N–H and O–H groups in total. The molecule has 1 saturated heterocycles. The van der Waals surface area contributed by atoms with Gasteiger partial charge in [-0.05, 0) is 54.7 Å². The highest BCUT2D eigenvalue weighted by molar-refractivity contribution is 6.08. The summed E-state index contributed by atoms with van der Waals surface area (Å²) in [7, 11) is 0. The van der Waals surface area contributed by atoms with Crippen LogP contribution in [0, 0.1) is 17.6 Å². The third-order valence-corrected chi connectivity index (χ3v) is 7.34. The van der Waals surface area contributed by atoms with Crippen molar-refractivity contribution in [2.45, 2.75) is 31.8 Å². The molecular weight excluding hydrogens is 502 g/mol. The van der Waals surface area contributed by atoms with Gasteiger partial charge in [0.2, 0.25) is 5.91 Å². The first-order chi connectivity index (χ1) is 18.9. The summed E-state index contributed by atoms with van der Waals surface area (Å²) in [4.78, 5) is 40.6. The molecule has 0 radical (unpaired) electrons. The first-order valence-electron chi connectivity index (χ1n) is 12.9. The molecular formula is C30H26F2N4O3. The van der Waals surface area contributed by atoms with Crippen LogP contribution in [0.5, 0.6) is 0 Å². The number of carbonyl (C=O) groups excluding carboxylic acids is 2. The maximum Gasteiger partial charge on any atom is 0.266 e. The van der Waals surface area contributed by atoms with Crippen molar-refractivity contribution in [3.8, 4) is 5.69 Å². The summed E-state index contributed by atoms with van der Waals surface area (Å²) in [6, 6.07) is 18.5. The Balaban J connectivity index is 1.57. The standard InChI is InChI=1S/C30H26F2N4O3/c31-20-7-4-6-19(16-20)28(18-12-13-18)34-29(38)27-22-10-5-11-23(32)26(22)30(39)36(21-8-2-1-3-9-21)24(27)17-35-25(37)14-15-33-35/h1-11,16,18,28,33H,12-15,17H2,(H,34,38)/t28-/m0/s1. The summed E-state index contributed by atoms with van der Waals surface area (Å²) < 4.78 is 30.6. The molecule has 9 heteroatoms. The lowest BCUT2D eigenvalue weighted by Gasteiger charge is -2.25. The Morgan fingerprint density at radius 2 is 1.77 bits per heavy atom. The molecule has 0 unspecified atom stereocenters. The van der Waals surface area contributed by atoms with E-state index in [0.29, 0.717) is 17.8 Å². The minimum absolute atomic E-state index is 0.0910. The predicted molar refractivity (Wildman–Crippen MR) is 142 cm³/mol. The fraction of sp³-hybridized carbons (Fsp3) is 0.233. The lowest BCUT2D eigenvalue weighted by atomic mass is 9.98. The third-order valence-electron chi connectivity index (χ3n) is 7.34. The number of para-hydroxylation sites is 1. The zero-order valence-corrected chi connectivity index (χ0v) is 21.0. The van der Waals surface area contributed by atoms with Crippen LogP contribution >= 0.6 is 0 Å². The molecule has 2 heterocycles. The lowest BCUT2D eigenvalue weighted by molar-refractivity contribution is -0.130. The van der Waals surface area contributed by atoms with Crippen LogP contribution in [0.4, 0.5) is 8.78 Å². The van der Waals surface area contributed by atoms with E-state index in [1.807, 2.05) is 0 Å². The van der Waals surface area contributed by atoms with Crippen molar-refractivity contribution in [1.82, 2.24) is 20.3 Å². The Morgan fingerprint density at radius 3 is 2.46 bits per heavy atom. The molecule has 1 aliphatic heterocycles. The normalized spacial score (nSPS) is 16.1. The van der Waals surface area contributed by atoms with Crippen molar-refractivity contribution in [2.24, 2.45) is 5.92 Å². The Kier molecular flexibility index (Phi) is 6.44. The maximum atomic E-state index is 15.2. The molecule has 1 saturated carbocycles. The predicted octanol–water partition coefficient (Wildman–Crippen LogP) is 4.39. The van der Waals surface area contributed by atoms with Gasteiger partial charge in [-0.25, -0.2) is 14.2 Å². The highest BCUT2D eigenvalue weighted by Gasteiger charge is 2.36. The molecule has 3 aromatic carbocycles. The van der Waals surface area contributed by atoms with Gasteiger partial charge in [0.05, 0.1) is 29.2 Å². The number of amides is 2. The molecule has 1 aromatic heterocycles. The molecule has 2 aliphatic rings. The largest absolute Gasteiger partial charge is 0.345 e. The van der Waals surface area contributed by atoms with Crippen molar-refractivity contribution in [3.63, 3.8) is 0 Å². The van der Waals surface area contributed by atoms with Crippen LogP contribution in [0.2, 0.25) is 0 Å². The number of benzene rings is 3. The molecule has 39 heavy (non-hydrogen) atoms. The second-order valence-electron chi connectivity index (χ2n) is 9.94. The van der Waals surface area contributed by atoms with Gasteiger partial charge >= 0.3 is 0 Å². The Morgan fingerprint density at radius 1 is 1.00 bits per heavy atom. The number of halogens is 2. The van der Waals surface area contributed by atoms with Crippen molar-refractivity contribution >= 4 is 22.6 Å². The van der Waals surface area contributed by atoms with Gasteiger partial charge in [0, 0.05) is 24.0 Å². The van der Waals surface area contributed by atoms with Crippen LogP contribution in [-0.2, 0) is 11.3 Å². The number of pyridine rings is 1. The molecule has 2 fully saturated rings. The van der Waals surface area contributed by atoms with Crippen LogP contribution in [0.25, 0.3) is 16.5 Å². The van der Waals surface area contributed by atoms with E-state index in [9.17, 15) is 18.8 Å². The maximum absolute atomic E-state index is 15.2. The molecule has 198 valence electrons. The number of aromatic nitrogens is 1. The van der Waals surface area contributed by atoms with Crippen LogP contribution in [0.15, 0.2) is 77.6 Å². The number of hydrogen-bond acceptors (Lipinski definition) is 4. The first-order valence-corrected chi connectivity index (χ1v) is 12.9. The van der Waals surface area contributed by atoms with Gasteiger partial charge in [0.15, 0.2) is 0 Å². The average Bonchev–Trinajstić information content (AvgIpc) is 3.69. The zero-order valence-electron chi connectivity index (χ0n) is 21.0. The lowest BCUT2D eigenvalue weighted by Crippen LogP contribution is -2.39. The highest BCUT2D eigenvalue weighted by atomic mass is 19.1. The minimum atomic E-state index is -0.748. The average molecular weight is 529 g/mol. The van der Waals surface area contributed by atoms with E-state index in [1.54, 1.807) is 48.5 Å². The SMILES string of the molecule is O=C(N[C@H](c1cccc(F)c1)C1CC1)c1c(CN2NCCC2=O)n(-c2ccccc2)c(=O)c2c(F)cccc12. The molecule has 1 aliphatic carbocycles. The topological polar surface area (TPSA) is 83.4 Å². The summed E-state index contributed by atoms with van der Waals surface area (Å²) >= 11 is 0. The summed E-state index contributed by atoms with van der Waals surface area (Å²) in [5.41, 5.74) is 3.79. The Bertz CT molecular complexity index is 1650. The molecule has 1 atom stereocenters. The summed E-state index contributed by atoms with van der Waals surface area (Å²) in [6.07, 6.45) is 2.03. The van der Waals surface area contributed by atoms with Crippen molar-refractivity contribution < 1.29 is 18.4 Å². The molecule has 0 bridgehead atoms. The highest BCUT2D eigenvalue weighted by Crippen LogP contribution is 2.41. The van der Waals surface area contributed by atoms with E-state index in [2.05, 4.69) is 10.7 Å². The van der Waals surface area contributed by atoms with E-state index in [-0.39, 0.29) is 46.8 Å². The monoisotopic (exact) mass is 528 g/mol. The van der Waals surface area contributed by atoms with Gasteiger partial charge in [-0.15, -0.1) is 0 Å². The quantitative estimate of drug-likeness (QED) is 0.373. The summed E-state index contributed by atoms with van der Waals surface area (Å²) in [5, 5.41) is 4.37. The van der Waals surface area contributed by atoms with Crippen molar-refractivity contribution in [1.29, 1.82) is 0 Å². The van der Waals surface area contributed by atoms with E-state index in [4.69, 9.17) is 0 Å². The fourth-order valence-corrected chi connectivity index (χ4v) is 5.34. The molecule has 6 rings (SSSR count). The second-order valence-corrected chi connectivity index (χ2v) is 9.94. The van der Waals surface area contributed by atoms with Crippen LogP contribution < -0.4 is 16.3 Å². The molecule has 0 spiro atoms. The third kappa shape index (κ3) is 4.70. The van der Waals surface area contributed by atoms with Gasteiger partial charge in [0.25, 0.3) is 11.5 Å². The number of nitrogens with zero attached hydrogens (tertiary/aromatic N) is 2. The molecule has 4 aromatic rings. The number of hydrogen-bond donors (Lipinski definition) is 2. The summed E-state index contributed by atoms with van der Waals surface area (Å²) in [6.45, 7) is 0.341. The number of fused-ring (bicyclic) bond motifs is 1. The summed E-state index contributed by atoms with van der Waals surface area (Å²) in [5.74, 6) is -1.73. The number of rotatable bonds is 7. The van der Waals surface area contributed by atoms with E-state index in [0.717, 1.165) is 12.8 Å². The van der Waals surface area contributed by atoms with E-state index < -0.39 is 29.1 Å². The zero-order chi connectivity index (χ0) is 27.1.